The number of anilines is 1. The molecule has 1 fully saturated rings. The van der Waals surface area contributed by atoms with Gasteiger partial charge in [-0.15, -0.1) is 0 Å². The van der Waals surface area contributed by atoms with E-state index in [0.29, 0.717) is 19.5 Å². The zero-order valence-corrected chi connectivity index (χ0v) is 18.5. The highest BCUT2D eigenvalue weighted by atomic mass is 79.9. The van der Waals surface area contributed by atoms with E-state index < -0.39 is 0 Å². The zero-order chi connectivity index (χ0) is 20.7. The quantitative estimate of drug-likeness (QED) is 0.358. The first-order chi connectivity index (χ1) is 14.6. The predicted octanol–water partition coefficient (Wildman–Crippen LogP) is 6.02. The van der Waals surface area contributed by atoms with E-state index >= 15 is 0 Å². The van der Waals surface area contributed by atoms with Gasteiger partial charge in [0, 0.05) is 28.4 Å². The molecule has 4 nitrogen and oxygen atoms in total. The second-order valence-electron chi connectivity index (χ2n) is 7.49. The number of hydrogen-bond donors (Lipinski definition) is 0. The van der Waals surface area contributed by atoms with E-state index in [1.165, 1.54) is 0 Å². The molecule has 1 aromatic heterocycles. The van der Waals surface area contributed by atoms with Gasteiger partial charge in [-0.3, -0.25) is 4.79 Å². The summed E-state index contributed by atoms with van der Waals surface area (Å²) >= 11 is 10.0. The number of carbonyl (C=O) groups is 1. The van der Waals surface area contributed by atoms with Crippen molar-refractivity contribution in [1.82, 2.24) is 9.55 Å². The highest BCUT2D eigenvalue weighted by molar-refractivity contribution is 9.10. The Hall–Kier alpha value is -2.63. The van der Waals surface area contributed by atoms with Gasteiger partial charge in [-0.05, 0) is 51.8 Å². The fourth-order valence-corrected chi connectivity index (χ4v) is 4.85. The average Bonchev–Trinajstić information content (AvgIpc) is 3.31. The lowest BCUT2D eigenvalue weighted by atomic mass is 10.1. The van der Waals surface area contributed by atoms with Crippen molar-refractivity contribution >= 4 is 50.2 Å². The largest absolute Gasteiger partial charge is 0.323 e. The maximum Gasteiger partial charge on any atom is 0.227 e. The van der Waals surface area contributed by atoms with Crippen LogP contribution in [0.1, 0.15) is 23.7 Å². The highest BCUT2D eigenvalue weighted by Crippen LogP contribution is 2.36. The van der Waals surface area contributed by atoms with Gasteiger partial charge in [-0.25, -0.2) is 4.98 Å². The van der Waals surface area contributed by atoms with Gasteiger partial charge in [0.25, 0.3) is 0 Å². The lowest BCUT2D eigenvalue weighted by molar-refractivity contribution is -0.117. The van der Waals surface area contributed by atoms with Gasteiger partial charge in [0.2, 0.25) is 5.91 Å². The van der Waals surface area contributed by atoms with Crippen molar-refractivity contribution in [3.05, 3.63) is 93.7 Å². The molecule has 1 atom stereocenters. The lowest BCUT2D eigenvalue weighted by Gasteiger charge is -2.19. The van der Waals surface area contributed by atoms with Crippen molar-refractivity contribution < 1.29 is 4.79 Å². The molecule has 2 heterocycles. The topological polar surface area (TPSA) is 38.1 Å². The molecule has 1 saturated heterocycles. The third kappa shape index (κ3) is 3.42. The van der Waals surface area contributed by atoms with Gasteiger partial charge in [0.1, 0.15) is 5.82 Å². The molecule has 5 rings (SSSR count). The van der Waals surface area contributed by atoms with Crippen molar-refractivity contribution in [2.45, 2.75) is 18.9 Å². The Kier molecular flexibility index (Phi) is 5.09. The van der Waals surface area contributed by atoms with Crippen LogP contribution < -0.4 is 4.90 Å². The minimum atomic E-state index is 0.0134. The van der Waals surface area contributed by atoms with Crippen LogP contribution in [0.25, 0.3) is 11.0 Å². The van der Waals surface area contributed by atoms with Crippen LogP contribution in [0.15, 0.2) is 77.3 Å². The van der Waals surface area contributed by atoms with Crippen molar-refractivity contribution in [3.63, 3.8) is 0 Å². The van der Waals surface area contributed by atoms with Crippen molar-refractivity contribution in [3.8, 4) is 0 Å². The van der Waals surface area contributed by atoms with Gasteiger partial charge in [0.15, 0.2) is 0 Å². The van der Waals surface area contributed by atoms with E-state index in [1.54, 1.807) is 0 Å². The van der Waals surface area contributed by atoms with E-state index in [0.717, 1.165) is 37.6 Å². The third-order valence-electron chi connectivity index (χ3n) is 5.60. The molecular weight excluding hydrogens is 462 g/mol. The maximum absolute atomic E-state index is 12.9. The molecule has 1 aliphatic heterocycles. The number of hydrogen-bond acceptors (Lipinski definition) is 2. The molecule has 3 aromatic carbocycles. The van der Waals surface area contributed by atoms with Crippen LogP contribution in [-0.2, 0) is 11.3 Å². The zero-order valence-electron chi connectivity index (χ0n) is 16.1. The number of amides is 1. The van der Waals surface area contributed by atoms with Crippen molar-refractivity contribution in [2.75, 3.05) is 11.4 Å². The first-order valence-corrected chi connectivity index (χ1v) is 11.0. The van der Waals surface area contributed by atoms with Gasteiger partial charge < -0.3 is 9.47 Å². The summed E-state index contributed by atoms with van der Waals surface area (Å²) in [7, 11) is 0. The normalized spacial score (nSPS) is 16.5. The molecule has 30 heavy (non-hydrogen) atoms. The van der Waals surface area contributed by atoms with Crippen molar-refractivity contribution in [2.24, 2.45) is 0 Å². The van der Waals surface area contributed by atoms with Crippen LogP contribution in [0.2, 0.25) is 5.02 Å². The number of imidazole rings is 1. The summed E-state index contributed by atoms with van der Waals surface area (Å²) in [6, 6.07) is 23.8. The molecule has 1 aliphatic rings. The Morgan fingerprint density at radius 2 is 1.73 bits per heavy atom. The Bertz CT molecular complexity index is 1250. The fraction of sp³-hybridized carbons (Fsp3) is 0.167. The minimum absolute atomic E-state index is 0.0134. The van der Waals surface area contributed by atoms with Gasteiger partial charge in [-0.1, -0.05) is 54.1 Å². The summed E-state index contributed by atoms with van der Waals surface area (Å²) in [5.74, 6) is 1.06. The molecular formula is C24H19BrClN3O. The number of benzene rings is 3. The third-order valence-corrected chi connectivity index (χ3v) is 6.64. The minimum Gasteiger partial charge on any atom is -0.323 e. The summed E-state index contributed by atoms with van der Waals surface area (Å²) in [4.78, 5) is 19.7. The van der Waals surface area contributed by atoms with Crippen LogP contribution >= 0.6 is 27.5 Å². The maximum atomic E-state index is 12.9. The first kappa shape index (κ1) is 19.3. The summed E-state index contributed by atoms with van der Waals surface area (Å²) in [6.07, 6.45) is 0.438. The monoisotopic (exact) mass is 479 g/mol. The molecule has 1 amide bonds. The second kappa shape index (κ2) is 7.89. The molecule has 6 heteroatoms. The van der Waals surface area contributed by atoms with Crippen LogP contribution in [0.5, 0.6) is 0 Å². The second-order valence-corrected chi connectivity index (χ2v) is 8.75. The summed E-state index contributed by atoms with van der Waals surface area (Å²) in [6.45, 7) is 1.22. The lowest BCUT2D eigenvalue weighted by Crippen LogP contribution is -2.25. The smallest absolute Gasteiger partial charge is 0.227 e. The molecule has 0 bridgehead atoms. The highest BCUT2D eigenvalue weighted by Gasteiger charge is 2.35. The Labute approximate surface area is 188 Å². The Balaban J connectivity index is 1.55. The average molecular weight is 481 g/mol. The Morgan fingerprint density at radius 3 is 2.57 bits per heavy atom. The fourth-order valence-electron chi connectivity index (χ4n) is 4.15. The van der Waals surface area contributed by atoms with E-state index in [2.05, 4.69) is 26.6 Å². The number of aromatic nitrogens is 2. The molecule has 150 valence electrons. The summed E-state index contributed by atoms with van der Waals surface area (Å²) in [5.41, 5.74) is 3.93. The predicted molar refractivity (Wildman–Crippen MR) is 124 cm³/mol. The van der Waals surface area contributed by atoms with Crippen LogP contribution in [0.3, 0.4) is 0 Å². The number of fused-ring (bicyclic) bond motifs is 1. The first-order valence-electron chi connectivity index (χ1n) is 9.85. The molecule has 0 radical (unpaired) electrons. The van der Waals surface area contributed by atoms with E-state index in [1.807, 2.05) is 71.6 Å². The van der Waals surface area contributed by atoms with E-state index in [-0.39, 0.29) is 11.8 Å². The molecule has 0 aliphatic carbocycles. The van der Waals surface area contributed by atoms with Gasteiger partial charge >= 0.3 is 0 Å². The number of para-hydroxylation sites is 3. The molecule has 0 saturated carbocycles. The van der Waals surface area contributed by atoms with Crippen molar-refractivity contribution in [1.29, 1.82) is 0 Å². The number of rotatable bonds is 4. The van der Waals surface area contributed by atoms with Crippen LogP contribution in [-0.4, -0.2) is 22.0 Å². The summed E-state index contributed by atoms with van der Waals surface area (Å²) in [5, 5.41) is 0.735. The Morgan fingerprint density at radius 1 is 1.00 bits per heavy atom. The van der Waals surface area contributed by atoms with Gasteiger partial charge in [-0.2, -0.15) is 0 Å². The molecule has 4 aromatic rings. The molecule has 0 N–H and O–H groups in total. The van der Waals surface area contributed by atoms with Crippen LogP contribution in [0.4, 0.5) is 5.69 Å². The van der Waals surface area contributed by atoms with E-state index in [4.69, 9.17) is 16.6 Å². The van der Waals surface area contributed by atoms with Gasteiger partial charge in [0.05, 0.1) is 23.3 Å². The SMILES string of the molecule is O=C1CC(c2nc3ccccc3n2Cc2ccccc2Cl)CN1c1ccccc1Br. The van der Waals surface area contributed by atoms with Crippen LogP contribution in [0, 0.1) is 0 Å². The number of nitrogens with zero attached hydrogens (tertiary/aromatic N) is 3. The number of halogens is 2. The number of carbonyl (C=O) groups excluding carboxylic acids is 1. The molecule has 1 unspecified atom stereocenters. The summed E-state index contributed by atoms with van der Waals surface area (Å²) < 4.78 is 3.13. The van der Waals surface area contributed by atoms with E-state index in [9.17, 15) is 4.79 Å². The molecule has 0 spiro atoms. The standard InChI is InChI=1S/C24H19BrClN3O/c25-18-8-2-5-11-21(18)28-15-17(13-23(28)30)24-27-20-10-4-6-12-22(20)29(24)14-16-7-1-3-9-19(16)26/h1-12,17H,13-15H2.